The van der Waals surface area contributed by atoms with Gasteiger partial charge in [-0.05, 0) is 57.8 Å². The Bertz CT molecular complexity index is 372. The van der Waals surface area contributed by atoms with E-state index >= 15 is 0 Å². The van der Waals surface area contributed by atoms with Gasteiger partial charge in [0.15, 0.2) is 0 Å². The van der Waals surface area contributed by atoms with Crippen LogP contribution in [0.3, 0.4) is 0 Å². The molecular formula is C19H38N2O2. The molecule has 0 heterocycles. The zero-order chi connectivity index (χ0) is 17.7. The lowest BCUT2D eigenvalue weighted by Crippen LogP contribution is -2.48. The van der Waals surface area contributed by atoms with Gasteiger partial charge in [0.05, 0.1) is 0 Å². The average Bonchev–Trinajstić information content (AvgIpc) is 2.53. The largest absolute Gasteiger partial charge is 0.444 e. The van der Waals surface area contributed by atoms with Crippen LogP contribution in [0.5, 0.6) is 0 Å². The number of carbonyl (C=O) groups is 1. The number of ether oxygens (including phenoxy) is 1. The van der Waals surface area contributed by atoms with Gasteiger partial charge in [-0.25, -0.2) is 4.79 Å². The molecule has 1 saturated carbocycles. The van der Waals surface area contributed by atoms with Crippen molar-refractivity contribution in [1.29, 1.82) is 0 Å². The number of hydrogen-bond donors (Lipinski definition) is 2. The fraction of sp³-hybridized carbons (Fsp3) is 0.947. The summed E-state index contributed by atoms with van der Waals surface area (Å²) in [6.45, 7) is 15.5. The quantitative estimate of drug-likeness (QED) is 0.732. The molecule has 2 unspecified atom stereocenters. The fourth-order valence-corrected chi connectivity index (χ4v) is 3.07. The lowest BCUT2D eigenvalue weighted by Gasteiger charge is -2.28. The highest BCUT2D eigenvalue weighted by atomic mass is 16.6. The van der Waals surface area contributed by atoms with Crippen LogP contribution in [0.15, 0.2) is 0 Å². The van der Waals surface area contributed by atoms with Crippen LogP contribution >= 0.6 is 0 Å². The third kappa shape index (κ3) is 8.59. The molecule has 1 fully saturated rings. The molecular weight excluding hydrogens is 288 g/mol. The van der Waals surface area contributed by atoms with Crippen molar-refractivity contribution in [2.75, 3.05) is 6.54 Å². The summed E-state index contributed by atoms with van der Waals surface area (Å²) in [7, 11) is 0. The summed E-state index contributed by atoms with van der Waals surface area (Å²) in [5, 5.41) is 6.70. The second-order valence-electron chi connectivity index (χ2n) is 9.20. The molecule has 0 aromatic rings. The highest BCUT2D eigenvalue weighted by Crippen LogP contribution is 2.33. The van der Waals surface area contributed by atoms with E-state index in [9.17, 15) is 4.79 Å². The zero-order valence-corrected chi connectivity index (χ0v) is 16.3. The van der Waals surface area contributed by atoms with Crippen molar-refractivity contribution in [3.63, 3.8) is 0 Å². The minimum Gasteiger partial charge on any atom is -0.444 e. The van der Waals surface area contributed by atoms with Crippen molar-refractivity contribution in [3.05, 3.63) is 0 Å². The van der Waals surface area contributed by atoms with Gasteiger partial charge in [-0.15, -0.1) is 0 Å². The van der Waals surface area contributed by atoms with Crippen LogP contribution < -0.4 is 10.6 Å². The van der Waals surface area contributed by atoms with E-state index in [1.54, 1.807) is 0 Å². The maximum atomic E-state index is 12.0. The van der Waals surface area contributed by atoms with Crippen molar-refractivity contribution in [2.45, 2.75) is 98.3 Å². The Morgan fingerprint density at radius 2 is 1.87 bits per heavy atom. The molecule has 1 rings (SSSR count). The molecule has 23 heavy (non-hydrogen) atoms. The van der Waals surface area contributed by atoms with Crippen LogP contribution in [0.2, 0.25) is 0 Å². The molecule has 0 aromatic carbocycles. The molecule has 1 amide bonds. The lowest BCUT2D eigenvalue weighted by molar-refractivity contribution is 0.0489. The molecule has 0 aliphatic heterocycles. The molecule has 0 radical (unpaired) electrons. The van der Waals surface area contributed by atoms with Gasteiger partial charge in [-0.2, -0.15) is 0 Å². The SMILES string of the molecule is CC(C)C(CNC1CCCC(C)(C)CC1)NC(=O)OC(C)(C)C. The van der Waals surface area contributed by atoms with Crippen LogP contribution in [0.1, 0.15) is 80.6 Å². The van der Waals surface area contributed by atoms with Gasteiger partial charge in [-0.3, -0.25) is 0 Å². The van der Waals surface area contributed by atoms with E-state index in [4.69, 9.17) is 4.74 Å². The first-order valence-corrected chi connectivity index (χ1v) is 9.21. The van der Waals surface area contributed by atoms with Gasteiger partial charge in [0.25, 0.3) is 0 Å². The van der Waals surface area contributed by atoms with E-state index in [0.29, 0.717) is 17.4 Å². The summed E-state index contributed by atoms with van der Waals surface area (Å²) in [5.41, 5.74) is 0.0224. The number of amides is 1. The number of hydrogen-bond acceptors (Lipinski definition) is 3. The monoisotopic (exact) mass is 326 g/mol. The first-order valence-electron chi connectivity index (χ1n) is 9.21. The third-order valence-corrected chi connectivity index (χ3v) is 4.71. The second-order valence-corrected chi connectivity index (χ2v) is 9.20. The van der Waals surface area contributed by atoms with Crippen molar-refractivity contribution in [3.8, 4) is 0 Å². The average molecular weight is 327 g/mol. The van der Waals surface area contributed by atoms with Gasteiger partial charge >= 0.3 is 6.09 Å². The van der Waals surface area contributed by atoms with Crippen molar-refractivity contribution in [1.82, 2.24) is 10.6 Å². The van der Waals surface area contributed by atoms with E-state index in [1.165, 1.54) is 32.1 Å². The smallest absolute Gasteiger partial charge is 0.407 e. The minimum atomic E-state index is -0.452. The third-order valence-electron chi connectivity index (χ3n) is 4.71. The summed E-state index contributed by atoms with van der Waals surface area (Å²) in [4.78, 5) is 12.0. The normalized spacial score (nSPS) is 23.2. The predicted octanol–water partition coefficient (Wildman–Crippen LogP) is 4.48. The minimum absolute atomic E-state index is 0.0983. The summed E-state index contributed by atoms with van der Waals surface area (Å²) >= 11 is 0. The maximum absolute atomic E-state index is 12.0. The Morgan fingerprint density at radius 3 is 2.43 bits per heavy atom. The maximum Gasteiger partial charge on any atom is 0.407 e. The van der Waals surface area contributed by atoms with Crippen LogP contribution in [-0.4, -0.2) is 30.3 Å². The lowest BCUT2D eigenvalue weighted by atomic mass is 9.85. The van der Waals surface area contributed by atoms with E-state index in [2.05, 4.69) is 38.3 Å². The van der Waals surface area contributed by atoms with E-state index in [0.717, 1.165) is 6.54 Å². The van der Waals surface area contributed by atoms with Crippen LogP contribution in [-0.2, 0) is 4.74 Å². The highest BCUT2D eigenvalue weighted by Gasteiger charge is 2.26. The molecule has 136 valence electrons. The fourth-order valence-electron chi connectivity index (χ4n) is 3.07. The number of nitrogens with one attached hydrogen (secondary N) is 2. The first kappa shape index (κ1) is 20.3. The predicted molar refractivity (Wildman–Crippen MR) is 96.7 cm³/mol. The topological polar surface area (TPSA) is 50.4 Å². The number of rotatable bonds is 5. The summed E-state index contributed by atoms with van der Waals surface area (Å²) in [6.07, 6.45) is 6.02. The van der Waals surface area contributed by atoms with Gasteiger partial charge in [-0.1, -0.05) is 34.1 Å². The Kier molecular flexibility index (Phi) is 7.37. The molecule has 1 aliphatic rings. The van der Waals surface area contributed by atoms with E-state index < -0.39 is 5.60 Å². The van der Waals surface area contributed by atoms with Gasteiger partial charge in [0, 0.05) is 18.6 Å². The summed E-state index contributed by atoms with van der Waals surface area (Å²) < 4.78 is 5.38. The van der Waals surface area contributed by atoms with Gasteiger partial charge in [0.2, 0.25) is 0 Å². The Balaban J connectivity index is 2.45. The van der Waals surface area contributed by atoms with Gasteiger partial charge in [0.1, 0.15) is 5.60 Å². The standard InChI is InChI=1S/C19H38N2O2/c1-14(2)16(21-17(22)23-18(3,4)5)13-20-15-9-8-11-19(6,7)12-10-15/h14-16,20H,8-13H2,1-7H3,(H,21,22). The van der Waals surface area contributed by atoms with E-state index in [-0.39, 0.29) is 12.1 Å². The van der Waals surface area contributed by atoms with E-state index in [1.807, 2.05) is 20.8 Å². The molecule has 0 saturated heterocycles. The highest BCUT2D eigenvalue weighted by molar-refractivity contribution is 5.68. The Labute approximate surface area is 143 Å². The van der Waals surface area contributed by atoms with Crippen molar-refractivity contribution >= 4 is 6.09 Å². The first-order chi connectivity index (χ1) is 10.5. The van der Waals surface area contributed by atoms with Crippen LogP contribution in [0.25, 0.3) is 0 Å². The molecule has 0 aromatic heterocycles. The number of carbonyl (C=O) groups excluding carboxylic acids is 1. The Morgan fingerprint density at radius 1 is 1.22 bits per heavy atom. The Hall–Kier alpha value is -0.770. The van der Waals surface area contributed by atoms with Crippen LogP contribution in [0, 0.1) is 11.3 Å². The van der Waals surface area contributed by atoms with Crippen LogP contribution in [0.4, 0.5) is 4.79 Å². The molecule has 4 heteroatoms. The molecule has 0 bridgehead atoms. The molecule has 1 aliphatic carbocycles. The second kappa shape index (κ2) is 8.36. The van der Waals surface area contributed by atoms with Crippen molar-refractivity contribution in [2.24, 2.45) is 11.3 Å². The number of alkyl carbamates (subject to hydrolysis) is 1. The molecule has 0 spiro atoms. The summed E-state index contributed by atoms with van der Waals surface area (Å²) in [5.74, 6) is 0.372. The van der Waals surface area contributed by atoms with Gasteiger partial charge < -0.3 is 15.4 Å². The molecule has 2 atom stereocenters. The molecule has 2 N–H and O–H groups in total. The van der Waals surface area contributed by atoms with Crippen molar-refractivity contribution < 1.29 is 9.53 Å². The zero-order valence-electron chi connectivity index (χ0n) is 16.3. The summed E-state index contributed by atoms with van der Waals surface area (Å²) in [6, 6.07) is 0.666. The molecule has 4 nitrogen and oxygen atoms in total.